The van der Waals surface area contributed by atoms with E-state index in [0.717, 1.165) is 11.1 Å². The number of rotatable bonds is 9. The van der Waals surface area contributed by atoms with Crippen LogP contribution >= 0.6 is 11.8 Å². The first-order valence-corrected chi connectivity index (χ1v) is 9.34. The van der Waals surface area contributed by atoms with Crippen LogP contribution in [0.4, 0.5) is 0 Å². The van der Waals surface area contributed by atoms with Gasteiger partial charge in [0.25, 0.3) is 0 Å². The van der Waals surface area contributed by atoms with Gasteiger partial charge in [-0.25, -0.2) is 0 Å². The maximum absolute atomic E-state index is 12.4. The Labute approximate surface area is 157 Å². The third-order valence-electron chi connectivity index (χ3n) is 3.77. The molecule has 0 spiro atoms. The molecular weight excluding hydrogens is 348 g/mol. The van der Waals surface area contributed by atoms with Gasteiger partial charge in [-0.1, -0.05) is 42.5 Å². The fourth-order valence-corrected chi connectivity index (χ4v) is 3.27. The fraction of sp³-hybridized carbons (Fsp3) is 0.250. The van der Waals surface area contributed by atoms with Crippen molar-refractivity contribution in [2.75, 3.05) is 18.8 Å². The minimum absolute atomic E-state index is 0.179. The van der Waals surface area contributed by atoms with Gasteiger partial charge in [-0.05, 0) is 29.7 Å². The van der Waals surface area contributed by atoms with Gasteiger partial charge in [-0.3, -0.25) is 9.59 Å². The van der Waals surface area contributed by atoms with Crippen LogP contribution in [0.3, 0.4) is 0 Å². The van der Waals surface area contributed by atoms with Gasteiger partial charge in [0.05, 0.1) is 17.4 Å². The third kappa shape index (κ3) is 6.61. The number of carboxylic acid groups (broad SMARTS) is 1. The standard InChI is InChI=1S/C20H20N2O3S/c21-12-17-6-8-18(9-7-17)14-26-15-19(23)22(13-20(24)25)11-10-16-4-2-1-3-5-16/h1-9H,10-11,13-15H2,(H,24,25). The van der Waals surface area contributed by atoms with Crippen molar-refractivity contribution in [3.63, 3.8) is 0 Å². The molecule has 134 valence electrons. The zero-order chi connectivity index (χ0) is 18.8. The number of nitriles is 1. The number of thioether (sulfide) groups is 1. The normalized spacial score (nSPS) is 10.1. The maximum Gasteiger partial charge on any atom is 0.323 e. The van der Waals surface area contributed by atoms with Crippen LogP contribution in [-0.2, 0) is 21.8 Å². The number of aliphatic carboxylic acids is 1. The van der Waals surface area contributed by atoms with E-state index in [1.54, 1.807) is 12.1 Å². The van der Waals surface area contributed by atoms with Crippen LogP contribution in [0.25, 0.3) is 0 Å². The molecule has 0 aliphatic carbocycles. The second-order valence-electron chi connectivity index (χ2n) is 5.75. The van der Waals surface area contributed by atoms with Gasteiger partial charge in [0, 0.05) is 12.3 Å². The van der Waals surface area contributed by atoms with Gasteiger partial charge in [-0.2, -0.15) is 5.26 Å². The molecule has 0 aliphatic heterocycles. The first-order chi connectivity index (χ1) is 12.6. The summed E-state index contributed by atoms with van der Waals surface area (Å²) in [5.41, 5.74) is 2.69. The molecule has 0 aromatic heterocycles. The summed E-state index contributed by atoms with van der Waals surface area (Å²) in [6.07, 6.45) is 0.625. The molecule has 0 radical (unpaired) electrons. The Hall–Kier alpha value is -2.78. The Morgan fingerprint density at radius 1 is 1.04 bits per heavy atom. The highest BCUT2D eigenvalue weighted by Gasteiger charge is 2.16. The first-order valence-electron chi connectivity index (χ1n) is 8.19. The largest absolute Gasteiger partial charge is 0.480 e. The summed E-state index contributed by atoms with van der Waals surface area (Å²) in [6.45, 7) is 0.0929. The van der Waals surface area contributed by atoms with Crippen molar-refractivity contribution in [1.29, 1.82) is 5.26 Å². The lowest BCUT2D eigenvalue weighted by molar-refractivity contribution is -0.143. The number of amides is 1. The molecule has 5 nitrogen and oxygen atoms in total. The van der Waals surface area contributed by atoms with Gasteiger partial charge in [0.2, 0.25) is 5.91 Å². The number of hydrogen-bond acceptors (Lipinski definition) is 4. The summed E-state index contributed by atoms with van der Waals surface area (Å²) in [4.78, 5) is 24.8. The molecule has 0 saturated heterocycles. The van der Waals surface area contributed by atoms with E-state index in [0.29, 0.717) is 24.3 Å². The average molecular weight is 368 g/mol. The van der Waals surface area contributed by atoms with E-state index >= 15 is 0 Å². The van der Waals surface area contributed by atoms with E-state index in [9.17, 15) is 9.59 Å². The van der Waals surface area contributed by atoms with E-state index in [1.807, 2.05) is 42.5 Å². The zero-order valence-corrected chi connectivity index (χ0v) is 15.1. The van der Waals surface area contributed by atoms with E-state index in [1.165, 1.54) is 16.7 Å². The van der Waals surface area contributed by atoms with Crippen LogP contribution in [0, 0.1) is 11.3 Å². The quantitative estimate of drug-likeness (QED) is 0.736. The van der Waals surface area contributed by atoms with Gasteiger partial charge in [0.1, 0.15) is 6.54 Å². The van der Waals surface area contributed by atoms with Crippen molar-refractivity contribution < 1.29 is 14.7 Å². The number of nitrogens with zero attached hydrogens (tertiary/aromatic N) is 2. The second-order valence-corrected chi connectivity index (χ2v) is 6.73. The molecule has 0 fully saturated rings. The molecule has 26 heavy (non-hydrogen) atoms. The number of carboxylic acids is 1. The molecule has 1 N–H and O–H groups in total. The van der Waals surface area contributed by atoms with Gasteiger partial charge in [0.15, 0.2) is 0 Å². The average Bonchev–Trinajstić information content (AvgIpc) is 2.66. The van der Waals surface area contributed by atoms with Crippen molar-refractivity contribution in [2.24, 2.45) is 0 Å². The van der Waals surface area contributed by atoms with Crippen LogP contribution in [-0.4, -0.2) is 40.7 Å². The molecule has 2 aromatic carbocycles. The summed E-state index contributed by atoms with van der Waals surface area (Å²) in [5.74, 6) is -0.329. The molecule has 0 aliphatic rings. The van der Waals surface area contributed by atoms with Crippen LogP contribution in [0.5, 0.6) is 0 Å². The van der Waals surface area contributed by atoms with Crippen LogP contribution in [0.1, 0.15) is 16.7 Å². The Bertz CT molecular complexity index is 770. The summed E-state index contributed by atoms with van der Waals surface area (Å²) in [6, 6.07) is 19.0. The monoisotopic (exact) mass is 368 g/mol. The Morgan fingerprint density at radius 2 is 1.73 bits per heavy atom. The number of benzene rings is 2. The SMILES string of the molecule is N#Cc1ccc(CSCC(=O)N(CCc2ccccc2)CC(=O)O)cc1. The maximum atomic E-state index is 12.4. The van der Waals surface area contributed by atoms with Gasteiger partial charge >= 0.3 is 5.97 Å². The van der Waals surface area contributed by atoms with Crippen molar-refractivity contribution in [1.82, 2.24) is 4.90 Å². The van der Waals surface area contributed by atoms with Gasteiger partial charge < -0.3 is 10.0 Å². The highest BCUT2D eigenvalue weighted by Crippen LogP contribution is 2.14. The highest BCUT2D eigenvalue weighted by atomic mass is 32.2. The van der Waals surface area contributed by atoms with Crippen LogP contribution < -0.4 is 0 Å². The van der Waals surface area contributed by atoms with E-state index in [2.05, 4.69) is 6.07 Å². The Kier molecular flexibility index (Phi) is 7.72. The first kappa shape index (κ1) is 19.5. The minimum atomic E-state index is -1.01. The molecule has 6 heteroatoms. The van der Waals surface area contributed by atoms with Crippen molar-refractivity contribution in [3.05, 3.63) is 71.3 Å². The van der Waals surface area contributed by atoms with E-state index in [-0.39, 0.29) is 18.2 Å². The summed E-state index contributed by atoms with van der Waals surface area (Å²) in [5, 5.41) is 17.8. The summed E-state index contributed by atoms with van der Waals surface area (Å²) >= 11 is 1.44. The smallest absolute Gasteiger partial charge is 0.323 e. The van der Waals surface area contributed by atoms with E-state index < -0.39 is 5.97 Å². The van der Waals surface area contributed by atoms with Crippen LogP contribution in [0.15, 0.2) is 54.6 Å². The molecule has 0 heterocycles. The molecule has 2 rings (SSSR count). The lowest BCUT2D eigenvalue weighted by atomic mass is 10.1. The minimum Gasteiger partial charge on any atom is -0.480 e. The Morgan fingerprint density at radius 3 is 2.35 bits per heavy atom. The van der Waals surface area contributed by atoms with Crippen LogP contribution in [0.2, 0.25) is 0 Å². The predicted octanol–water partition coefficient (Wildman–Crippen LogP) is 2.95. The number of carbonyl (C=O) groups is 2. The summed E-state index contributed by atoms with van der Waals surface area (Å²) in [7, 11) is 0. The number of carbonyl (C=O) groups excluding carboxylic acids is 1. The van der Waals surface area contributed by atoms with Crippen molar-refractivity contribution in [3.8, 4) is 6.07 Å². The molecule has 2 aromatic rings. The third-order valence-corrected chi connectivity index (χ3v) is 4.76. The second kappa shape index (κ2) is 10.3. The van der Waals surface area contributed by atoms with Gasteiger partial charge in [-0.15, -0.1) is 11.8 Å². The lowest BCUT2D eigenvalue weighted by Gasteiger charge is -2.20. The predicted molar refractivity (Wildman–Crippen MR) is 102 cm³/mol. The fourth-order valence-electron chi connectivity index (χ4n) is 2.39. The molecular formula is C20H20N2O3S. The summed E-state index contributed by atoms with van der Waals surface area (Å²) < 4.78 is 0. The van der Waals surface area contributed by atoms with Crippen molar-refractivity contribution >= 4 is 23.6 Å². The molecule has 0 atom stereocenters. The Balaban J connectivity index is 1.84. The lowest BCUT2D eigenvalue weighted by Crippen LogP contribution is -2.38. The van der Waals surface area contributed by atoms with E-state index in [4.69, 9.17) is 10.4 Å². The zero-order valence-electron chi connectivity index (χ0n) is 14.3. The molecule has 0 unspecified atom stereocenters. The molecule has 0 bridgehead atoms. The topological polar surface area (TPSA) is 81.4 Å². The highest BCUT2D eigenvalue weighted by molar-refractivity contribution is 7.99. The van der Waals surface area contributed by atoms with Crippen molar-refractivity contribution in [2.45, 2.75) is 12.2 Å². The molecule has 1 amide bonds. The number of hydrogen-bond donors (Lipinski definition) is 1. The molecule has 0 saturated carbocycles.